The van der Waals surface area contributed by atoms with Crippen molar-refractivity contribution >= 4 is 5.91 Å². The van der Waals surface area contributed by atoms with E-state index >= 15 is 0 Å². The van der Waals surface area contributed by atoms with Gasteiger partial charge in [-0.15, -0.1) is 5.10 Å². The SMILES string of the molecule is CCC[C@H]1C[C@H]1C(=O)N1CCC(n2cc(CC3CCCCC3)nn2)CC1. The molecule has 3 fully saturated rings. The van der Waals surface area contributed by atoms with E-state index in [9.17, 15) is 4.79 Å². The zero-order valence-corrected chi connectivity index (χ0v) is 16.3. The molecule has 5 nitrogen and oxygen atoms in total. The molecule has 0 unspecified atom stereocenters. The Morgan fingerprint density at radius 3 is 2.65 bits per heavy atom. The van der Waals surface area contributed by atoms with E-state index in [-0.39, 0.29) is 0 Å². The number of hydrogen-bond donors (Lipinski definition) is 0. The van der Waals surface area contributed by atoms with Crippen molar-refractivity contribution in [3.05, 3.63) is 11.9 Å². The highest BCUT2D eigenvalue weighted by Crippen LogP contribution is 2.43. The fraction of sp³-hybridized carbons (Fsp3) is 0.857. The van der Waals surface area contributed by atoms with Crippen molar-refractivity contribution in [2.24, 2.45) is 17.8 Å². The van der Waals surface area contributed by atoms with Crippen LogP contribution in [0.2, 0.25) is 0 Å². The first kappa shape index (κ1) is 18.0. The van der Waals surface area contributed by atoms with Gasteiger partial charge < -0.3 is 4.90 Å². The Morgan fingerprint density at radius 2 is 1.92 bits per heavy atom. The molecule has 1 amide bonds. The molecule has 26 heavy (non-hydrogen) atoms. The first-order chi connectivity index (χ1) is 12.7. The van der Waals surface area contributed by atoms with Gasteiger partial charge in [0.25, 0.3) is 0 Å². The molecule has 4 rings (SSSR count). The summed E-state index contributed by atoms with van der Waals surface area (Å²) in [7, 11) is 0. The maximum atomic E-state index is 12.6. The van der Waals surface area contributed by atoms with Gasteiger partial charge in [-0.3, -0.25) is 4.79 Å². The lowest BCUT2D eigenvalue weighted by molar-refractivity contribution is -0.134. The summed E-state index contributed by atoms with van der Waals surface area (Å²) in [6.07, 6.45) is 15.7. The molecule has 2 heterocycles. The van der Waals surface area contributed by atoms with Gasteiger partial charge in [0.05, 0.1) is 11.7 Å². The monoisotopic (exact) mass is 358 g/mol. The fourth-order valence-corrected chi connectivity index (χ4v) is 5.10. The molecular formula is C21H34N4O. The minimum absolute atomic E-state index is 0.333. The van der Waals surface area contributed by atoms with Crippen molar-refractivity contribution in [1.29, 1.82) is 0 Å². The van der Waals surface area contributed by atoms with Crippen LogP contribution in [-0.2, 0) is 11.2 Å². The van der Waals surface area contributed by atoms with Gasteiger partial charge in [-0.25, -0.2) is 4.68 Å². The second kappa shape index (κ2) is 8.10. The molecule has 144 valence electrons. The Bertz CT molecular complexity index is 599. The maximum Gasteiger partial charge on any atom is 0.225 e. The number of aromatic nitrogens is 3. The van der Waals surface area contributed by atoms with Gasteiger partial charge >= 0.3 is 0 Å². The van der Waals surface area contributed by atoms with Crippen molar-refractivity contribution in [1.82, 2.24) is 19.9 Å². The van der Waals surface area contributed by atoms with Gasteiger partial charge in [0.1, 0.15) is 0 Å². The zero-order valence-electron chi connectivity index (χ0n) is 16.3. The summed E-state index contributed by atoms with van der Waals surface area (Å²) >= 11 is 0. The average molecular weight is 359 g/mol. The van der Waals surface area contributed by atoms with E-state index in [4.69, 9.17) is 0 Å². The van der Waals surface area contributed by atoms with Gasteiger partial charge in [-0.05, 0) is 43.9 Å². The van der Waals surface area contributed by atoms with E-state index in [0.29, 0.717) is 23.8 Å². The van der Waals surface area contributed by atoms with Crippen LogP contribution in [0.3, 0.4) is 0 Å². The number of carbonyl (C=O) groups is 1. The van der Waals surface area contributed by atoms with E-state index in [2.05, 4.69) is 33.0 Å². The Labute approximate surface area is 157 Å². The second-order valence-electron chi connectivity index (χ2n) is 8.85. The Morgan fingerprint density at radius 1 is 1.15 bits per heavy atom. The third kappa shape index (κ3) is 4.12. The molecular weight excluding hydrogens is 324 g/mol. The number of carbonyl (C=O) groups excluding carboxylic acids is 1. The van der Waals surface area contributed by atoms with E-state index in [0.717, 1.165) is 50.4 Å². The highest BCUT2D eigenvalue weighted by molar-refractivity contribution is 5.81. The van der Waals surface area contributed by atoms with Crippen LogP contribution >= 0.6 is 0 Å². The number of likely N-dealkylation sites (tertiary alicyclic amines) is 1. The average Bonchev–Trinajstić information content (AvgIpc) is 3.29. The van der Waals surface area contributed by atoms with Crippen LogP contribution in [0.15, 0.2) is 6.20 Å². The highest BCUT2D eigenvalue weighted by atomic mass is 16.2. The molecule has 0 aromatic carbocycles. The summed E-state index contributed by atoms with van der Waals surface area (Å²) in [5, 5.41) is 8.86. The van der Waals surface area contributed by atoms with Crippen LogP contribution in [0.5, 0.6) is 0 Å². The normalized spacial score (nSPS) is 27.7. The highest BCUT2D eigenvalue weighted by Gasteiger charge is 2.44. The third-order valence-corrected chi connectivity index (χ3v) is 6.83. The van der Waals surface area contributed by atoms with E-state index in [1.165, 1.54) is 44.9 Å². The van der Waals surface area contributed by atoms with Crippen LogP contribution in [0.25, 0.3) is 0 Å². The van der Waals surface area contributed by atoms with Crippen LogP contribution < -0.4 is 0 Å². The van der Waals surface area contributed by atoms with Gasteiger partial charge in [0.2, 0.25) is 5.91 Å². The van der Waals surface area contributed by atoms with Gasteiger partial charge in [0.15, 0.2) is 0 Å². The molecule has 2 saturated carbocycles. The summed E-state index contributed by atoms with van der Waals surface area (Å²) < 4.78 is 2.08. The minimum Gasteiger partial charge on any atom is -0.342 e. The molecule has 2 aliphatic carbocycles. The lowest BCUT2D eigenvalue weighted by Gasteiger charge is -2.32. The van der Waals surface area contributed by atoms with Crippen LogP contribution in [0.4, 0.5) is 0 Å². The van der Waals surface area contributed by atoms with Crippen LogP contribution in [0, 0.1) is 17.8 Å². The van der Waals surface area contributed by atoms with Crippen molar-refractivity contribution in [2.75, 3.05) is 13.1 Å². The van der Waals surface area contributed by atoms with E-state index in [1.807, 2.05) is 0 Å². The molecule has 3 aliphatic rings. The molecule has 2 atom stereocenters. The lowest BCUT2D eigenvalue weighted by atomic mass is 9.86. The van der Waals surface area contributed by atoms with E-state index < -0.39 is 0 Å². The molecule has 5 heteroatoms. The summed E-state index contributed by atoms with van der Waals surface area (Å²) in [6.45, 7) is 3.99. The molecule has 0 bridgehead atoms. The molecule has 0 spiro atoms. The second-order valence-corrected chi connectivity index (χ2v) is 8.85. The zero-order chi connectivity index (χ0) is 17.9. The predicted octanol–water partition coefficient (Wildman–Crippen LogP) is 4.00. The Kier molecular flexibility index (Phi) is 5.60. The summed E-state index contributed by atoms with van der Waals surface area (Å²) in [5.41, 5.74) is 1.16. The standard InChI is InChI=1S/C21H34N4O/c1-2-6-17-14-20(17)21(26)24-11-9-19(10-12-24)25-15-18(22-23-25)13-16-7-4-3-5-8-16/h15-17,19-20H,2-14H2,1H3/t17-,20+/m0/s1. The van der Waals surface area contributed by atoms with Gasteiger partial charge in [-0.1, -0.05) is 50.7 Å². The predicted molar refractivity (Wildman–Crippen MR) is 102 cm³/mol. The number of amides is 1. The Hall–Kier alpha value is -1.39. The van der Waals surface area contributed by atoms with E-state index in [1.54, 1.807) is 0 Å². The van der Waals surface area contributed by atoms with Crippen molar-refractivity contribution in [3.63, 3.8) is 0 Å². The summed E-state index contributed by atoms with van der Waals surface area (Å²) in [4.78, 5) is 14.7. The quantitative estimate of drug-likeness (QED) is 0.772. The molecule has 0 radical (unpaired) electrons. The fourth-order valence-electron chi connectivity index (χ4n) is 5.10. The number of piperidine rings is 1. The first-order valence-corrected chi connectivity index (χ1v) is 10.9. The van der Waals surface area contributed by atoms with Crippen LogP contribution in [0.1, 0.15) is 82.9 Å². The van der Waals surface area contributed by atoms with Gasteiger partial charge in [-0.2, -0.15) is 0 Å². The molecule has 1 aliphatic heterocycles. The van der Waals surface area contributed by atoms with Crippen molar-refractivity contribution < 1.29 is 4.79 Å². The largest absolute Gasteiger partial charge is 0.342 e. The first-order valence-electron chi connectivity index (χ1n) is 10.9. The third-order valence-electron chi connectivity index (χ3n) is 6.83. The van der Waals surface area contributed by atoms with Crippen LogP contribution in [-0.4, -0.2) is 38.9 Å². The van der Waals surface area contributed by atoms with Gasteiger partial charge in [0, 0.05) is 25.2 Å². The van der Waals surface area contributed by atoms with Crippen molar-refractivity contribution in [3.8, 4) is 0 Å². The molecule has 1 aromatic rings. The van der Waals surface area contributed by atoms with Crippen molar-refractivity contribution in [2.45, 2.75) is 83.6 Å². The number of hydrogen-bond acceptors (Lipinski definition) is 3. The molecule has 1 aromatic heterocycles. The maximum absolute atomic E-state index is 12.6. The number of rotatable bonds is 6. The summed E-state index contributed by atoms with van der Waals surface area (Å²) in [5.74, 6) is 2.23. The Balaban J connectivity index is 1.25. The smallest absolute Gasteiger partial charge is 0.225 e. The molecule has 1 saturated heterocycles. The summed E-state index contributed by atoms with van der Waals surface area (Å²) in [6, 6.07) is 0.414. The number of nitrogens with zero attached hydrogens (tertiary/aromatic N) is 4. The molecule has 0 N–H and O–H groups in total. The lowest BCUT2D eigenvalue weighted by Crippen LogP contribution is -2.40. The topological polar surface area (TPSA) is 51.0 Å². The minimum atomic E-state index is 0.333.